The van der Waals surface area contributed by atoms with Crippen LogP contribution < -0.4 is 15.2 Å². The summed E-state index contributed by atoms with van der Waals surface area (Å²) < 4.78 is 27.7. The lowest BCUT2D eigenvalue weighted by Gasteiger charge is -2.15. The first-order chi connectivity index (χ1) is 12.2. The fourth-order valence-corrected chi connectivity index (χ4v) is 2.70. The maximum atomic E-state index is 12.0. The number of amides is 1. The molecule has 0 radical (unpaired) electrons. The van der Waals surface area contributed by atoms with Crippen molar-refractivity contribution in [2.75, 3.05) is 6.61 Å². The fourth-order valence-electron chi connectivity index (χ4n) is 2.19. The highest BCUT2D eigenvalue weighted by Crippen LogP contribution is 2.25. The number of hydrogen-bond acceptors (Lipinski definition) is 6. The smallest absolute Gasteiger partial charge is 0.310 e. The van der Waals surface area contributed by atoms with Crippen LogP contribution in [0.2, 0.25) is 0 Å². The standard InChI is InChI=1S/C16H17N3O6S/c1-11(12-6-8-13(9-7-12)26(17,23)24)18-16(20)10-25-15-5-3-2-4-14(15)19(21)22/h2-9,11H,10H2,1H3,(H,18,20)(H2,17,23,24). The quantitative estimate of drug-likeness (QED) is 0.551. The van der Waals surface area contributed by atoms with Crippen LogP contribution in [0.3, 0.4) is 0 Å². The normalized spacial score (nSPS) is 12.2. The molecule has 0 aliphatic carbocycles. The molecular formula is C16H17N3O6S. The van der Waals surface area contributed by atoms with Crippen LogP contribution in [0.4, 0.5) is 5.69 Å². The van der Waals surface area contributed by atoms with Crippen molar-refractivity contribution in [2.24, 2.45) is 5.14 Å². The average molecular weight is 379 g/mol. The third kappa shape index (κ3) is 5.01. The van der Waals surface area contributed by atoms with Crippen molar-refractivity contribution < 1.29 is 22.9 Å². The van der Waals surface area contributed by atoms with E-state index in [0.29, 0.717) is 5.56 Å². The third-order valence-corrected chi connectivity index (χ3v) is 4.44. The van der Waals surface area contributed by atoms with Gasteiger partial charge in [-0.25, -0.2) is 13.6 Å². The Labute approximate surface area is 150 Å². The number of benzene rings is 2. The monoisotopic (exact) mass is 379 g/mol. The minimum Gasteiger partial charge on any atom is -0.477 e. The Morgan fingerprint density at radius 2 is 1.85 bits per heavy atom. The van der Waals surface area contributed by atoms with E-state index in [9.17, 15) is 23.3 Å². The van der Waals surface area contributed by atoms with Crippen molar-refractivity contribution in [1.29, 1.82) is 0 Å². The summed E-state index contributed by atoms with van der Waals surface area (Å²) in [5, 5.41) is 18.6. The molecule has 2 rings (SSSR count). The van der Waals surface area contributed by atoms with Gasteiger partial charge < -0.3 is 10.1 Å². The van der Waals surface area contributed by atoms with Crippen molar-refractivity contribution in [3.8, 4) is 5.75 Å². The summed E-state index contributed by atoms with van der Waals surface area (Å²) in [6.07, 6.45) is 0. The van der Waals surface area contributed by atoms with E-state index < -0.39 is 33.5 Å². The van der Waals surface area contributed by atoms with Crippen LogP contribution in [0.1, 0.15) is 18.5 Å². The summed E-state index contributed by atoms with van der Waals surface area (Å²) in [6.45, 7) is 1.30. The lowest BCUT2D eigenvalue weighted by atomic mass is 10.1. The SMILES string of the molecule is CC(NC(=O)COc1ccccc1[N+](=O)[O-])c1ccc(S(N)(=O)=O)cc1. The van der Waals surface area contributed by atoms with Gasteiger partial charge in [0, 0.05) is 6.07 Å². The van der Waals surface area contributed by atoms with Crippen LogP contribution in [0.15, 0.2) is 53.4 Å². The molecule has 0 fully saturated rings. The number of nitrogens with two attached hydrogens (primary N) is 1. The van der Waals surface area contributed by atoms with Crippen molar-refractivity contribution >= 4 is 21.6 Å². The molecule has 0 aliphatic rings. The van der Waals surface area contributed by atoms with E-state index in [-0.39, 0.29) is 16.3 Å². The molecule has 2 aromatic rings. The maximum Gasteiger partial charge on any atom is 0.310 e. The molecule has 0 aromatic heterocycles. The molecule has 26 heavy (non-hydrogen) atoms. The van der Waals surface area contributed by atoms with Gasteiger partial charge in [0.25, 0.3) is 5.91 Å². The summed E-state index contributed by atoms with van der Waals surface area (Å²) >= 11 is 0. The molecule has 0 spiro atoms. The number of nitrogens with zero attached hydrogens (tertiary/aromatic N) is 1. The van der Waals surface area contributed by atoms with E-state index in [1.165, 1.54) is 42.5 Å². The van der Waals surface area contributed by atoms with Gasteiger partial charge in [0.05, 0.1) is 15.9 Å². The van der Waals surface area contributed by atoms with Gasteiger partial charge in [0.15, 0.2) is 12.4 Å². The lowest BCUT2D eigenvalue weighted by Crippen LogP contribution is -2.31. The zero-order valence-electron chi connectivity index (χ0n) is 13.8. The van der Waals surface area contributed by atoms with Gasteiger partial charge in [0.2, 0.25) is 10.0 Å². The molecule has 3 N–H and O–H groups in total. The maximum absolute atomic E-state index is 12.0. The van der Waals surface area contributed by atoms with Crippen molar-refractivity contribution in [1.82, 2.24) is 5.32 Å². The molecule has 0 heterocycles. The van der Waals surface area contributed by atoms with Gasteiger partial charge in [-0.15, -0.1) is 0 Å². The van der Waals surface area contributed by atoms with Gasteiger partial charge >= 0.3 is 5.69 Å². The number of carbonyl (C=O) groups is 1. The number of para-hydroxylation sites is 2. The predicted octanol–water partition coefficient (Wildman–Crippen LogP) is 1.50. The number of ether oxygens (including phenoxy) is 1. The molecule has 1 unspecified atom stereocenters. The Hall–Kier alpha value is -2.98. The Morgan fingerprint density at radius 1 is 1.23 bits per heavy atom. The first-order valence-corrected chi connectivity index (χ1v) is 9.01. The summed E-state index contributed by atoms with van der Waals surface area (Å²) in [5.41, 5.74) is 0.434. The summed E-state index contributed by atoms with van der Waals surface area (Å²) in [4.78, 5) is 22.3. The van der Waals surface area contributed by atoms with Gasteiger partial charge in [0.1, 0.15) is 0 Å². The molecule has 0 saturated heterocycles. The highest BCUT2D eigenvalue weighted by atomic mass is 32.2. The Balaban J connectivity index is 1.96. The molecular weight excluding hydrogens is 362 g/mol. The van der Waals surface area contributed by atoms with E-state index in [2.05, 4.69) is 5.32 Å². The van der Waals surface area contributed by atoms with Crippen molar-refractivity contribution in [2.45, 2.75) is 17.9 Å². The average Bonchev–Trinajstić information content (AvgIpc) is 2.59. The summed E-state index contributed by atoms with van der Waals surface area (Å²) in [5.74, 6) is -0.482. The lowest BCUT2D eigenvalue weighted by molar-refractivity contribution is -0.385. The van der Waals surface area contributed by atoms with E-state index in [0.717, 1.165) is 0 Å². The van der Waals surface area contributed by atoms with Gasteiger partial charge in [-0.1, -0.05) is 24.3 Å². The van der Waals surface area contributed by atoms with Crippen LogP contribution in [-0.4, -0.2) is 25.9 Å². The molecule has 1 amide bonds. The van der Waals surface area contributed by atoms with E-state index >= 15 is 0 Å². The Kier molecular flexibility index (Phi) is 5.90. The number of nitrogens with one attached hydrogen (secondary N) is 1. The molecule has 0 saturated carbocycles. The van der Waals surface area contributed by atoms with Crippen molar-refractivity contribution in [3.05, 3.63) is 64.2 Å². The molecule has 10 heteroatoms. The van der Waals surface area contributed by atoms with Crippen LogP contribution >= 0.6 is 0 Å². The molecule has 138 valence electrons. The molecule has 2 aromatic carbocycles. The topological polar surface area (TPSA) is 142 Å². The Bertz CT molecular complexity index is 912. The molecule has 0 aliphatic heterocycles. The highest BCUT2D eigenvalue weighted by molar-refractivity contribution is 7.89. The number of hydrogen-bond donors (Lipinski definition) is 2. The zero-order chi connectivity index (χ0) is 19.3. The summed E-state index contributed by atoms with van der Waals surface area (Å²) in [7, 11) is -3.78. The fraction of sp³-hybridized carbons (Fsp3) is 0.188. The number of nitro benzene ring substituents is 1. The second-order valence-electron chi connectivity index (χ2n) is 5.42. The van der Waals surface area contributed by atoms with Crippen LogP contribution in [-0.2, 0) is 14.8 Å². The molecule has 9 nitrogen and oxygen atoms in total. The zero-order valence-corrected chi connectivity index (χ0v) is 14.6. The van der Waals surface area contributed by atoms with E-state index in [1.54, 1.807) is 13.0 Å². The second kappa shape index (κ2) is 7.93. The molecule has 0 bridgehead atoms. The van der Waals surface area contributed by atoms with E-state index in [4.69, 9.17) is 9.88 Å². The summed E-state index contributed by atoms with van der Waals surface area (Å²) in [6, 6.07) is 11.1. The highest BCUT2D eigenvalue weighted by Gasteiger charge is 2.16. The molecule has 1 atom stereocenters. The van der Waals surface area contributed by atoms with Gasteiger partial charge in [-0.3, -0.25) is 14.9 Å². The van der Waals surface area contributed by atoms with Gasteiger partial charge in [-0.2, -0.15) is 0 Å². The van der Waals surface area contributed by atoms with Crippen LogP contribution in [0.25, 0.3) is 0 Å². The minimum absolute atomic E-state index is 0.00203. The number of nitro groups is 1. The first-order valence-electron chi connectivity index (χ1n) is 7.47. The third-order valence-electron chi connectivity index (χ3n) is 3.51. The largest absolute Gasteiger partial charge is 0.477 e. The second-order valence-corrected chi connectivity index (χ2v) is 6.98. The van der Waals surface area contributed by atoms with Crippen molar-refractivity contribution in [3.63, 3.8) is 0 Å². The number of rotatable bonds is 7. The number of primary sulfonamides is 1. The minimum atomic E-state index is -3.78. The first kappa shape index (κ1) is 19.3. The number of sulfonamides is 1. The van der Waals surface area contributed by atoms with Crippen LogP contribution in [0.5, 0.6) is 5.75 Å². The van der Waals surface area contributed by atoms with Crippen LogP contribution in [0, 0.1) is 10.1 Å². The predicted molar refractivity (Wildman–Crippen MR) is 93.0 cm³/mol. The van der Waals surface area contributed by atoms with E-state index in [1.807, 2.05) is 0 Å². The number of carbonyl (C=O) groups excluding carboxylic acids is 1. The Morgan fingerprint density at radius 3 is 2.42 bits per heavy atom. The van der Waals surface area contributed by atoms with Gasteiger partial charge in [-0.05, 0) is 30.7 Å².